The van der Waals surface area contributed by atoms with Gasteiger partial charge in [0.05, 0.1) is 17.5 Å². The summed E-state index contributed by atoms with van der Waals surface area (Å²) in [7, 11) is 1.56. The molecule has 0 fully saturated rings. The molecule has 4 aromatic rings. The average Bonchev–Trinajstić information content (AvgIpc) is 3.21. The maximum atomic E-state index is 11.5. The Morgan fingerprint density at radius 2 is 1.84 bits per heavy atom. The predicted molar refractivity (Wildman–Crippen MR) is 131 cm³/mol. The SMILES string of the molecule is COc1cc([C@@H](C[N+](=O)[O-])c2c[nH]c3ccccc23)cc(Br)c1OCc1ccc(Br)cc1. The van der Waals surface area contributed by atoms with Gasteiger partial charge in [0.15, 0.2) is 11.5 Å². The van der Waals surface area contributed by atoms with Gasteiger partial charge in [0, 0.05) is 26.5 Å². The largest absolute Gasteiger partial charge is 0.493 e. The lowest BCUT2D eigenvalue weighted by molar-refractivity contribution is -0.481. The number of nitro groups is 1. The summed E-state index contributed by atoms with van der Waals surface area (Å²) in [5, 5.41) is 12.5. The Morgan fingerprint density at radius 1 is 1.09 bits per heavy atom. The van der Waals surface area contributed by atoms with Gasteiger partial charge in [0.1, 0.15) is 6.61 Å². The number of nitrogens with one attached hydrogen (secondary N) is 1. The van der Waals surface area contributed by atoms with E-state index in [-0.39, 0.29) is 11.5 Å². The monoisotopic (exact) mass is 558 g/mol. The van der Waals surface area contributed by atoms with Crippen LogP contribution in [0.1, 0.15) is 22.6 Å². The number of rotatable bonds is 8. The molecule has 0 aliphatic rings. The number of hydrogen-bond donors (Lipinski definition) is 1. The molecule has 6 nitrogen and oxygen atoms in total. The summed E-state index contributed by atoms with van der Waals surface area (Å²) in [4.78, 5) is 14.5. The molecule has 3 aromatic carbocycles. The molecule has 8 heteroatoms. The highest BCUT2D eigenvalue weighted by molar-refractivity contribution is 9.10. The van der Waals surface area contributed by atoms with Crippen LogP contribution in [0.5, 0.6) is 11.5 Å². The van der Waals surface area contributed by atoms with Crippen molar-refractivity contribution >= 4 is 42.8 Å². The summed E-state index contributed by atoms with van der Waals surface area (Å²) in [6.45, 7) is 0.124. The number of nitrogens with zero attached hydrogens (tertiary/aromatic N) is 1. The van der Waals surface area contributed by atoms with Crippen molar-refractivity contribution in [2.45, 2.75) is 12.5 Å². The predicted octanol–water partition coefficient (Wildman–Crippen LogP) is 6.69. The maximum absolute atomic E-state index is 11.5. The topological polar surface area (TPSA) is 77.4 Å². The summed E-state index contributed by atoms with van der Waals surface area (Å²) < 4.78 is 13.3. The van der Waals surface area contributed by atoms with Crippen molar-refractivity contribution in [2.75, 3.05) is 13.7 Å². The Bertz CT molecular complexity index is 1250. The molecule has 0 bridgehead atoms. The van der Waals surface area contributed by atoms with Crippen molar-refractivity contribution in [3.05, 3.63) is 103 Å². The third-order valence-corrected chi connectivity index (χ3v) is 6.40. The first-order valence-corrected chi connectivity index (χ1v) is 11.5. The Balaban J connectivity index is 1.70. The summed E-state index contributed by atoms with van der Waals surface area (Å²) in [5.41, 5.74) is 3.59. The number of hydrogen-bond acceptors (Lipinski definition) is 4. The fraction of sp³-hybridized carbons (Fsp3) is 0.167. The minimum Gasteiger partial charge on any atom is -0.493 e. The van der Waals surface area contributed by atoms with Crippen LogP contribution in [0.15, 0.2) is 75.8 Å². The van der Waals surface area contributed by atoms with Crippen LogP contribution in [-0.2, 0) is 6.61 Å². The lowest BCUT2D eigenvalue weighted by atomic mass is 9.90. The van der Waals surface area contributed by atoms with E-state index >= 15 is 0 Å². The number of H-pyrrole nitrogens is 1. The number of benzene rings is 3. The van der Waals surface area contributed by atoms with Crippen LogP contribution < -0.4 is 9.47 Å². The highest BCUT2D eigenvalue weighted by Gasteiger charge is 2.26. The maximum Gasteiger partial charge on any atom is 0.214 e. The fourth-order valence-electron chi connectivity index (χ4n) is 3.73. The van der Waals surface area contributed by atoms with Gasteiger partial charge in [-0.25, -0.2) is 0 Å². The molecule has 4 rings (SSSR count). The van der Waals surface area contributed by atoms with E-state index in [2.05, 4.69) is 36.8 Å². The molecule has 1 atom stereocenters. The lowest BCUT2D eigenvalue weighted by Crippen LogP contribution is -2.14. The van der Waals surface area contributed by atoms with E-state index in [4.69, 9.17) is 9.47 Å². The third-order valence-electron chi connectivity index (χ3n) is 5.28. The van der Waals surface area contributed by atoms with Crippen LogP contribution in [-0.4, -0.2) is 23.6 Å². The normalized spacial score (nSPS) is 12.0. The Morgan fingerprint density at radius 3 is 2.56 bits per heavy atom. The van der Waals surface area contributed by atoms with E-state index in [0.717, 1.165) is 32.1 Å². The van der Waals surface area contributed by atoms with E-state index in [9.17, 15) is 10.1 Å². The first-order chi connectivity index (χ1) is 15.5. The summed E-state index contributed by atoms with van der Waals surface area (Å²) in [6, 6.07) is 19.3. The molecule has 1 aromatic heterocycles. The van der Waals surface area contributed by atoms with Crippen LogP contribution >= 0.6 is 31.9 Å². The molecule has 1 N–H and O–H groups in total. The molecule has 0 unspecified atom stereocenters. The smallest absolute Gasteiger partial charge is 0.214 e. The van der Waals surface area contributed by atoms with Crippen molar-refractivity contribution in [1.29, 1.82) is 0 Å². The zero-order valence-corrected chi connectivity index (χ0v) is 20.4. The molecule has 0 amide bonds. The summed E-state index contributed by atoms with van der Waals surface area (Å²) in [5.74, 6) is 0.615. The highest BCUT2D eigenvalue weighted by Crippen LogP contribution is 2.41. The van der Waals surface area contributed by atoms with Gasteiger partial charge < -0.3 is 14.5 Å². The quantitative estimate of drug-likeness (QED) is 0.193. The highest BCUT2D eigenvalue weighted by atomic mass is 79.9. The van der Waals surface area contributed by atoms with Gasteiger partial charge in [-0.2, -0.15) is 0 Å². The van der Waals surface area contributed by atoms with Crippen molar-refractivity contribution in [2.24, 2.45) is 0 Å². The number of ether oxygens (including phenoxy) is 2. The van der Waals surface area contributed by atoms with Crippen LogP contribution in [0, 0.1) is 10.1 Å². The molecule has 0 spiro atoms. The fourth-order valence-corrected chi connectivity index (χ4v) is 4.57. The van der Waals surface area contributed by atoms with Crippen LogP contribution in [0.4, 0.5) is 0 Å². The first-order valence-electron chi connectivity index (χ1n) is 9.88. The second-order valence-corrected chi connectivity index (χ2v) is 9.08. The molecule has 0 aliphatic carbocycles. The standard InChI is InChI=1S/C24H20Br2N2O4/c1-31-23-11-16(10-21(26)24(23)32-14-15-6-8-17(25)9-7-15)20(13-28(29)30)19-12-27-22-5-3-2-4-18(19)22/h2-12,20,27H,13-14H2,1H3/t20-/m1/s1. The van der Waals surface area contributed by atoms with Gasteiger partial charge in [-0.05, 0) is 63.0 Å². The Hall–Kier alpha value is -2.84. The molecule has 164 valence electrons. The molecular weight excluding hydrogens is 540 g/mol. The van der Waals surface area contributed by atoms with E-state index < -0.39 is 5.92 Å². The van der Waals surface area contributed by atoms with Gasteiger partial charge >= 0.3 is 0 Å². The van der Waals surface area contributed by atoms with Gasteiger partial charge in [-0.1, -0.05) is 46.3 Å². The second kappa shape index (κ2) is 9.75. The van der Waals surface area contributed by atoms with Crippen molar-refractivity contribution in [3.8, 4) is 11.5 Å². The Labute approximate surface area is 202 Å². The van der Waals surface area contributed by atoms with E-state index in [0.29, 0.717) is 22.6 Å². The molecule has 0 aliphatic heterocycles. The second-order valence-electron chi connectivity index (χ2n) is 7.31. The van der Waals surface area contributed by atoms with Crippen molar-refractivity contribution < 1.29 is 14.4 Å². The van der Waals surface area contributed by atoms with Crippen LogP contribution in [0.2, 0.25) is 0 Å². The summed E-state index contributed by atoms with van der Waals surface area (Å²) >= 11 is 7.01. The average molecular weight is 560 g/mol. The number of aromatic nitrogens is 1. The van der Waals surface area contributed by atoms with Gasteiger partial charge in [-0.15, -0.1) is 0 Å². The lowest BCUT2D eigenvalue weighted by Gasteiger charge is -2.18. The van der Waals surface area contributed by atoms with Crippen molar-refractivity contribution in [3.63, 3.8) is 0 Å². The number of aromatic amines is 1. The third kappa shape index (κ3) is 4.81. The van der Waals surface area contributed by atoms with E-state index in [1.54, 1.807) is 7.11 Å². The van der Waals surface area contributed by atoms with Crippen LogP contribution in [0.25, 0.3) is 10.9 Å². The number of methoxy groups -OCH3 is 1. The molecule has 0 radical (unpaired) electrons. The molecule has 1 heterocycles. The first kappa shape index (κ1) is 22.4. The number of fused-ring (bicyclic) bond motifs is 1. The summed E-state index contributed by atoms with van der Waals surface area (Å²) in [6.07, 6.45) is 1.84. The van der Waals surface area contributed by atoms with E-state index in [1.165, 1.54) is 0 Å². The van der Waals surface area contributed by atoms with E-state index in [1.807, 2.05) is 66.9 Å². The number of para-hydroxylation sites is 1. The van der Waals surface area contributed by atoms with Crippen LogP contribution in [0.3, 0.4) is 0 Å². The molecule has 0 saturated heterocycles. The zero-order valence-electron chi connectivity index (χ0n) is 17.2. The minimum absolute atomic E-state index is 0.240. The Kier molecular flexibility index (Phi) is 6.81. The van der Waals surface area contributed by atoms with Gasteiger partial charge in [-0.3, -0.25) is 10.1 Å². The minimum atomic E-state index is -0.452. The van der Waals surface area contributed by atoms with Gasteiger partial charge in [0.25, 0.3) is 0 Å². The number of halogens is 2. The molecule has 32 heavy (non-hydrogen) atoms. The van der Waals surface area contributed by atoms with Gasteiger partial charge in [0.2, 0.25) is 6.54 Å². The molecular formula is C24H20Br2N2O4. The molecule has 0 saturated carbocycles. The van der Waals surface area contributed by atoms with Crippen molar-refractivity contribution in [1.82, 2.24) is 4.98 Å². The zero-order chi connectivity index (χ0) is 22.7.